The molecule has 0 saturated heterocycles. The standard InChI is InChI=1S/C24H28N4O2S.2ClH/c25-24-28-22-19(7-4-8-21(22)31-24)23(30)27-18-11-9-16(10-12-18)13-14-26-15-20(29)17-5-2-1-3-6-17;;/h1-3,5-6,9-12,19-20,26,29H,4,7-8,13-15H2,(H2,25,28)(H,27,30);2*1H/t19?,20-;;/m0../s1. The maximum atomic E-state index is 12.8. The fourth-order valence-corrected chi connectivity index (χ4v) is 4.88. The van der Waals surface area contributed by atoms with Crippen LogP contribution in [0.15, 0.2) is 54.6 Å². The summed E-state index contributed by atoms with van der Waals surface area (Å²) in [6.07, 6.45) is 3.09. The molecule has 5 N–H and O–H groups in total. The van der Waals surface area contributed by atoms with Crippen LogP contribution in [-0.2, 0) is 17.6 Å². The molecule has 2 atom stereocenters. The van der Waals surface area contributed by atoms with Crippen molar-refractivity contribution in [1.82, 2.24) is 10.3 Å². The number of aliphatic hydroxyl groups is 1. The Morgan fingerprint density at radius 1 is 1.15 bits per heavy atom. The molecular weight excluding hydrogens is 479 g/mol. The van der Waals surface area contributed by atoms with E-state index in [9.17, 15) is 9.90 Å². The van der Waals surface area contributed by atoms with Crippen molar-refractivity contribution in [2.45, 2.75) is 37.7 Å². The number of aryl methyl sites for hydroxylation is 1. The number of nitrogens with zero attached hydrogens (tertiary/aromatic N) is 1. The van der Waals surface area contributed by atoms with Crippen LogP contribution < -0.4 is 16.4 Å². The molecule has 1 amide bonds. The molecule has 0 saturated carbocycles. The minimum absolute atomic E-state index is 0. The minimum atomic E-state index is -0.507. The van der Waals surface area contributed by atoms with Crippen molar-refractivity contribution >= 4 is 52.9 Å². The van der Waals surface area contributed by atoms with E-state index in [0.29, 0.717) is 11.7 Å². The number of aliphatic hydroxyl groups excluding tert-OH is 1. The SMILES string of the molecule is Cl.Cl.Nc1nc2c(s1)CCCC2C(=O)Nc1ccc(CCNC[C@H](O)c2ccccc2)cc1. The highest BCUT2D eigenvalue weighted by molar-refractivity contribution is 7.15. The topological polar surface area (TPSA) is 100 Å². The second-order valence-corrected chi connectivity index (χ2v) is 8.99. The molecule has 1 unspecified atom stereocenters. The highest BCUT2D eigenvalue weighted by Gasteiger charge is 2.30. The van der Waals surface area contributed by atoms with Crippen LogP contribution in [0.4, 0.5) is 10.8 Å². The fraction of sp³-hybridized carbons (Fsp3) is 0.333. The van der Waals surface area contributed by atoms with Crippen LogP contribution in [0.3, 0.4) is 0 Å². The maximum absolute atomic E-state index is 12.8. The Morgan fingerprint density at radius 3 is 2.61 bits per heavy atom. The lowest BCUT2D eigenvalue weighted by Crippen LogP contribution is -2.24. The van der Waals surface area contributed by atoms with Crippen molar-refractivity contribution in [2.24, 2.45) is 0 Å². The zero-order valence-corrected chi connectivity index (χ0v) is 20.6. The Morgan fingerprint density at radius 2 is 1.88 bits per heavy atom. The molecule has 0 fully saturated rings. The minimum Gasteiger partial charge on any atom is -0.387 e. The van der Waals surface area contributed by atoms with E-state index in [0.717, 1.165) is 54.0 Å². The smallest absolute Gasteiger partial charge is 0.233 e. The number of hydrogen-bond donors (Lipinski definition) is 4. The Bertz CT molecular complexity index is 1020. The van der Waals surface area contributed by atoms with E-state index in [1.807, 2.05) is 54.6 Å². The van der Waals surface area contributed by atoms with E-state index in [-0.39, 0.29) is 36.6 Å². The Kier molecular flexibility index (Phi) is 10.6. The van der Waals surface area contributed by atoms with Crippen molar-refractivity contribution in [2.75, 3.05) is 24.1 Å². The molecule has 178 valence electrons. The first-order valence-electron chi connectivity index (χ1n) is 10.7. The zero-order valence-electron chi connectivity index (χ0n) is 18.2. The highest BCUT2D eigenvalue weighted by Crippen LogP contribution is 2.36. The van der Waals surface area contributed by atoms with Gasteiger partial charge in [0.1, 0.15) is 0 Å². The molecule has 33 heavy (non-hydrogen) atoms. The second kappa shape index (κ2) is 12.9. The first-order valence-corrected chi connectivity index (χ1v) is 11.5. The van der Waals surface area contributed by atoms with Crippen LogP contribution in [0.2, 0.25) is 0 Å². The molecule has 1 aliphatic carbocycles. The van der Waals surface area contributed by atoms with Crippen LogP contribution >= 0.6 is 36.2 Å². The molecule has 0 radical (unpaired) electrons. The molecule has 1 aliphatic rings. The zero-order chi connectivity index (χ0) is 21.6. The summed E-state index contributed by atoms with van der Waals surface area (Å²) in [6.45, 7) is 1.29. The van der Waals surface area contributed by atoms with Gasteiger partial charge in [0.15, 0.2) is 5.13 Å². The lowest BCUT2D eigenvalue weighted by Gasteiger charge is -2.20. The molecule has 1 heterocycles. The number of halogens is 2. The third-order valence-electron chi connectivity index (χ3n) is 5.62. The first kappa shape index (κ1) is 27.1. The third kappa shape index (κ3) is 7.16. The molecule has 2 aromatic carbocycles. The van der Waals surface area contributed by atoms with Gasteiger partial charge in [-0.1, -0.05) is 42.5 Å². The predicted molar refractivity (Wildman–Crippen MR) is 140 cm³/mol. The Labute approximate surface area is 210 Å². The van der Waals surface area contributed by atoms with Crippen LogP contribution in [-0.4, -0.2) is 29.1 Å². The first-order chi connectivity index (χ1) is 15.1. The lowest BCUT2D eigenvalue weighted by molar-refractivity contribution is -0.117. The molecule has 0 aliphatic heterocycles. The number of benzene rings is 2. The second-order valence-electron chi connectivity index (χ2n) is 7.87. The molecular formula is C24H30Cl2N4O2S. The molecule has 0 spiro atoms. The number of thiazole rings is 1. The van der Waals surface area contributed by atoms with Gasteiger partial charge in [0.2, 0.25) is 5.91 Å². The summed E-state index contributed by atoms with van der Waals surface area (Å²) in [5, 5.41) is 17.1. The number of carbonyl (C=O) groups excluding carboxylic acids is 1. The lowest BCUT2D eigenvalue weighted by atomic mass is 9.90. The van der Waals surface area contributed by atoms with E-state index in [1.54, 1.807) is 0 Å². The van der Waals surface area contributed by atoms with Gasteiger partial charge in [-0.05, 0) is 55.5 Å². The van der Waals surface area contributed by atoms with Gasteiger partial charge in [-0.2, -0.15) is 0 Å². The number of aromatic nitrogens is 1. The van der Waals surface area contributed by atoms with Gasteiger partial charge in [-0.3, -0.25) is 4.79 Å². The fourth-order valence-electron chi connectivity index (χ4n) is 3.94. The van der Waals surface area contributed by atoms with Crippen LogP contribution in [0.25, 0.3) is 0 Å². The molecule has 3 aromatic rings. The normalized spacial score (nSPS) is 15.5. The Hall–Kier alpha value is -2.16. The van der Waals surface area contributed by atoms with E-state index >= 15 is 0 Å². The summed E-state index contributed by atoms with van der Waals surface area (Å²) in [5.74, 6) is -0.243. The number of anilines is 2. The number of nitrogens with two attached hydrogens (primary N) is 1. The molecule has 9 heteroatoms. The van der Waals surface area contributed by atoms with E-state index < -0.39 is 6.10 Å². The van der Waals surface area contributed by atoms with Gasteiger partial charge >= 0.3 is 0 Å². The van der Waals surface area contributed by atoms with Gasteiger partial charge in [0.05, 0.1) is 17.7 Å². The average molecular weight is 510 g/mol. The van der Waals surface area contributed by atoms with Gasteiger partial charge in [-0.25, -0.2) is 4.98 Å². The summed E-state index contributed by atoms with van der Waals surface area (Å²) in [4.78, 5) is 18.3. The largest absolute Gasteiger partial charge is 0.387 e. The van der Waals surface area contributed by atoms with Crippen molar-refractivity contribution in [1.29, 1.82) is 0 Å². The summed E-state index contributed by atoms with van der Waals surface area (Å²) in [7, 11) is 0. The van der Waals surface area contributed by atoms with E-state index in [1.165, 1.54) is 16.9 Å². The summed E-state index contributed by atoms with van der Waals surface area (Å²) >= 11 is 1.49. The molecule has 0 bridgehead atoms. The summed E-state index contributed by atoms with van der Waals surface area (Å²) in [6, 6.07) is 17.6. The molecule has 6 nitrogen and oxygen atoms in total. The molecule has 1 aromatic heterocycles. The average Bonchev–Trinajstić information content (AvgIpc) is 3.18. The number of hydrogen-bond acceptors (Lipinski definition) is 6. The number of rotatable bonds is 8. The Balaban J connectivity index is 0.00000193. The van der Waals surface area contributed by atoms with Crippen LogP contribution in [0.5, 0.6) is 0 Å². The van der Waals surface area contributed by atoms with Crippen molar-refractivity contribution < 1.29 is 9.90 Å². The summed E-state index contributed by atoms with van der Waals surface area (Å²) in [5.41, 5.74) is 9.57. The molecule has 4 rings (SSSR count). The van der Waals surface area contributed by atoms with Gasteiger partial charge in [0.25, 0.3) is 0 Å². The van der Waals surface area contributed by atoms with Crippen molar-refractivity contribution in [3.8, 4) is 0 Å². The highest BCUT2D eigenvalue weighted by atomic mass is 35.5. The van der Waals surface area contributed by atoms with Crippen molar-refractivity contribution in [3.05, 3.63) is 76.3 Å². The van der Waals surface area contributed by atoms with Gasteiger partial charge in [-0.15, -0.1) is 36.2 Å². The number of amides is 1. The van der Waals surface area contributed by atoms with Gasteiger partial charge in [0, 0.05) is 17.1 Å². The van der Waals surface area contributed by atoms with E-state index in [2.05, 4.69) is 15.6 Å². The predicted octanol–water partition coefficient (Wildman–Crippen LogP) is 4.49. The number of nitrogens with one attached hydrogen (secondary N) is 2. The number of nitrogen functional groups attached to an aromatic ring is 1. The maximum Gasteiger partial charge on any atom is 0.233 e. The van der Waals surface area contributed by atoms with Crippen molar-refractivity contribution in [3.63, 3.8) is 0 Å². The monoisotopic (exact) mass is 508 g/mol. The number of fused-ring (bicyclic) bond motifs is 1. The van der Waals surface area contributed by atoms with Gasteiger partial charge < -0.3 is 21.5 Å². The van der Waals surface area contributed by atoms with E-state index in [4.69, 9.17) is 5.73 Å². The third-order valence-corrected chi connectivity index (χ3v) is 6.58. The van der Waals surface area contributed by atoms with Crippen LogP contribution in [0, 0.1) is 0 Å². The quantitative estimate of drug-likeness (QED) is 0.335. The van der Waals surface area contributed by atoms with Crippen LogP contribution in [0.1, 0.15) is 46.6 Å². The number of carbonyl (C=O) groups is 1. The summed E-state index contributed by atoms with van der Waals surface area (Å²) < 4.78 is 0.